The lowest BCUT2D eigenvalue weighted by Crippen LogP contribution is -2.23. The van der Waals surface area contributed by atoms with Crippen molar-refractivity contribution in [2.75, 3.05) is 11.9 Å². The van der Waals surface area contributed by atoms with E-state index in [-0.39, 0.29) is 12.6 Å². The number of aliphatic hydroxyl groups excluding tert-OH is 1. The summed E-state index contributed by atoms with van der Waals surface area (Å²) >= 11 is 6.12. The number of benzene rings is 1. The third-order valence-corrected chi connectivity index (χ3v) is 3.05. The number of pyridine rings is 1. The van der Waals surface area contributed by atoms with Gasteiger partial charge in [0.15, 0.2) is 0 Å². The minimum atomic E-state index is 0.0136. The molecule has 0 radical (unpaired) electrons. The van der Waals surface area contributed by atoms with Gasteiger partial charge in [-0.15, -0.1) is 0 Å². The van der Waals surface area contributed by atoms with Crippen molar-refractivity contribution >= 4 is 28.2 Å². The van der Waals surface area contributed by atoms with Crippen LogP contribution in [0.4, 0.5) is 5.82 Å². The molecular weight excluding hydrogens is 236 g/mol. The average molecular weight is 251 g/mol. The summed E-state index contributed by atoms with van der Waals surface area (Å²) in [4.78, 5) is 4.28. The predicted molar refractivity (Wildman–Crippen MR) is 71.5 cm³/mol. The maximum atomic E-state index is 9.15. The number of fused-ring (bicyclic) bond motifs is 1. The van der Waals surface area contributed by atoms with Gasteiger partial charge in [0.25, 0.3) is 0 Å². The lowest BCUT2D eigenvalue weighted by Gasteiger charge is -2.15. The number of hydrogen-bond donors (Lipinski definition) is 2. The Hall–Kier alpha value is -1.32. The Bertz CT molecular complexity index is 512. The molecule has 90 valence electrons. The van der Waals surface area contributed by atoms with Crippen molar-refractivity contribution in [3.05, 3.63) is 35.5 Å². The predicted octanol–water partition coefficient (Wildman–Crippen LogP) is 3.07. The minimum Gasteiger partial charge on any atom is -0.394 e. The topological polar surface area (TPSA) is 45.1 Å². The number of halogens is 1. The molecule has 2 aromatic rings. The van der Waals surface area contributed by atoms with Crippen LogP contribution in [0.25, 0.3) is 10.8 Å². The molecular formula is C13H15ClN2O. The summed E-state index contributed by atoms with van der Waals surface area (Å²) in [7, 11) is 0. The highest BCUT2D eigenvalue weighted by atomic mass is 35.5. The van der Waals surface area contributed by atoms with Crippen molar-refractivity contribution in [2.45, 2.75) is 19.4 Å². The molecule has 1 aromatic heterocycles. The highest BCUT2D eigenvalue weighted by Crippen LogP contribution is 2.24. The molecule has 1 atom stereocenters. The summed E-state index contributed by atoms with van der Waals surface area (Å²) in [5, 5.41) is 14.8. The van der Waals surface area contributed by atoms with E-state index in [1.54, 1.807) is 0 Å². The number of hydrogen-bond acceptors (Lipinski definition) is 3. The molecule has 0 saturated heterocycles. The van der Waals surface area contributed by atoms with Gasteiger partial charge in [0.1, 0.15) is 11.0 Å². The molecule has 0 fully saturated rings. The van der Waals surface area contributed by atoms with Crippen molar-refractivity contribution in [1.82, 2.24) is 4.98 Å². The van der Waals surface area contributed by atoms with E-state index in [4.69, 9.17) is 16.7 Å². The quantitative estimate of drug-likeness (QED) is 0.820. The molecule has 0 spiro atoms. The zero-order valence-electron chi connectivity index (χ0n) is 9.65. The van der Waals surface area contributed by atoms with Gasteiger partial charge in [-0.3, -0.25) is 0 Å². The van der Waals surface area contributed by atoms with Gasteiger partial charge in [0.2, 0.25) is 0 Å². The SMILES string of the molecule is CC[C@H](CO)Nc1cc2ccccc2c(Cl)n1. The Morgan fingerprint density at radius 2 is 2.18 bits per heavy atom. The fourth-order valence-corrected chi connectivity index (χ4v) is 1.98. The smallest absolute Gasteiger partial charge is 0.139 e. The second-order valence-electron chi connectivity index (χ2n) is 3.95. The van der Waals surface area contributed by atoms with Gasteiger partial charge >= 0.3 is 0 Å². The Kier molecular flexibility index (Phi) is 3.82. The highest BCUT2D eigenvalue weighted by Gasteiger charge is 2.07. The van der Waals surface area contributed by atoms with Gasteiger partial charge < -0.3 is 10.4 Å². The molecule has 2 N–H and O–H groups in total. The summed E-state index contributed by atoms with van der Waals surface area (Å²) in [6.07, 6.45) is 0.836. The van der Waals surface area contributed by atoms with E-state index in [2.05, 4.69) is 10.3 Å². The highest BCUT2D eigenvalue weighted by molar-refractivity contribution is 6.34. The van der Waals surface area contributed by atoms with E-state index < -0.39 is 0 Å². The number of nitrogens with zero attached hydrogens (tertiary/aromatic N) is 1. The molecule has 0 aliphatic carbocycles. The Balaban J connectivity index is 2.36. The Morgan fingerprint density at radius 3 is 2.88 bits per heavy atom. The van der Waals surface area contributed by atoms with Crippen molar-refractivity contribution in [2.24, 2.45) is 0 Å². The minimum absolute atomic E-state index is 0.0136. The first-order valence-electron chi connectivity index (χ1n) is 5.67. The molecule has 3 nitrogen and oxygen atoms in total. The van der Waals surface area contributed by atoms with Crippen LogP contribution >= 0.6 is 11.6 Å². The van der Waals surface area contributed by atoms with Gasteiger partial charge in [-0.25, -0.2) is 4.98 Å². The van der Waals surface area contributed by atoms with Crippen molar-refractivity contribution in [3.63, 3.8) is 0 Å². The first-order valence-corrected chi connectivity index (χ1v) is 6.05. The van der Waals surface area contributed by atoms with Gasteiger partial charge in [0, 0.05) is 5.39 Å². The molecule has 0 aliphatic heterocycles. The van der Waals surface area contributed by atoms with E-state index >= 15 is 0 Å². The fraction of sp³-hybridized carbons (Fsp3) is 0.308. The van der Waals surface area contributed by atoms with Gasteiger partial charge in [-0.05, 0) is 17.9 Å². The first-order chi connectivity index (χ1) is 8.24. The molecule has 0 saturated carbocycles. The second kappa shape index (κ2) is 5.34. The molecule has 2 rings (SSSR count). The van der Waals surface area contributed by atoms with Crippen LogP contribution in [-0.2, 0) is 0 Å². The summed E-state index contributed by atoms with van der Waals surface area (Å²) in [5.41, 5.74) is 0. The van der Waals surface area contributed by atoms with Gasteiger partial charge in [0.05, 0.1) is 12.6 Å². The first kappa shape index (κ1) is 12.1. The molecule has 0 aliphatic rings. The van der Waals surface area contributed by atoms with Crippen LogP contribution in [0, 0.1) is 0 Å². The maximum Gasteiger partial charge on any atom is 0.139 e. The largest absolute Gasteiger partial charge is 0.394 e. The van der Waals surface area contributed by atoms with Crippen LogP contribution in [0.2, 0.25) is 5.15 Å². The normalized spacial score (nSPS) is 12.6. The lowest BCUT2D eigenvalue weighted by molar-refractivity contribution is 0.271. The van der Waals surface area contributed by atoms with Crippen LogP contribution in [0.5, 0.6) is 0 Å². The molecule has 0 amide bonds. The Morgan fingerprint density at radius 1 is 1.41 bits per heavy atom. The third kappa shape index (κ3) is 2.68. The van der Waals surface area contributed by atoms with Crippen LogP contribution < -0.4 is 5.32 Å². The third-order valence-electron chi connectivity index (χ3n) is 2.76. The summed E-state index contributed by atoms with van der Waals surface area (Å²) in [6.45, 7) is 2.10. The maximum absolute atomic E-state index is 9.15. The zero-order chi connectivity index (χ0) is 12.3. The van der Waals surface area contributed by atoms with E-state index in [9.17, 15) is 0 Å². The van der Waals surface area contributed by atoms with Crippen LogP contribution in [-0.4, -0.2) is 22.7 Å². The molecule has 4 heteroatoms. The Labute approximate surface area is 105 Å². The molecule has 1 heterocycles. The molecule has 0 unspecified atom stereocenters. The molecule has 1 aromatic carbocycles. The second-order valence-corrected chi connectivity index (χ2v) is 4.31. The zero-order valence-corrected chi connectivity index (χ0v) is 10.4. The molecule has 17 heavy (non-hydrogen) atoms. The van der Waals surface area contributed by atoms with Crippen molar-refractivity contribution in [3.8, 4) is 0 Å². The summed E-state index contributed by atoms with van der Waals surface area (Å²) < 4.78 is 0. The fourth-order valence-electron chi connectivity index (χ4n) is 1.72. The van der Waals surface area contributed by atoms with Crippen LogP contribution in [0.1, 0.15) is 13.3 Å². The van der Waals surface area contributed by atoms with Crippen molar-refractivity contribution < 1.29 is 5.11 Å². The average Bonchev–Trinajstić information content (AvgIpc) is 2.36. The van der Waals surface area contributed by atoms with Crippen LogP contribution in [0.3, 0.4) is 0 Å². The van der Waals surface area contributed by atoms with E-state index in [1.165, 1.54) is 0 Å². The molecule has 0 bridgehead atoms. The standard InChI is InChI=1S/C13H15ClN2O/c1-2-10(8-17)15-12-7-9-5-3-4-6-11(9)13(14)16-12/h3-7,10,17H,2,8H2,1H3,(H,15,16)/t10-/m1/s1. The van der Waals surface area contributed by atoms with Gasteiger partial charge in [-0.1, -0.05) is 42.8 Å². The summed E-state index contributed by atoms with van der Waals surface area (Å²) in [5.74, 6) is 0.703. The number of anilines is 1. The van der Waals surface area contributed by atoms with Crippen molar-refractivity contribution in [1.29, 1.82) is 0 Å². The number of nitrogens with one attached hydrogen (secondary N) is 1. The number of aliphatic hydroxyl groups is 1. The van der Waals surface area contributed by atoms with E-state index in [0.717, 1.165) is 17.2 Å². The number of aromatic nitrogens is 1. The lowest BCUT2D eigenvalue weighted by atomic mass is 10.1. The van der Waals surface area contributed by atoms with Crippen LogP contribution in [0.15, 0.2) is 30.3 Å². The number of rotatable bonds is 4. The van der Waals surface area contributed by atoms with E-state index in [0.29, 0.717) is 11.0 Å². The van der Waals surface area contributed by atoms with Gasteiger partial charge in [-0.2, -0.15) is 0 Å². The summed E-state index contributed by atoms with van der Waals surface area (Å²) in [6, 6.07) is 9.79. The monoisotopic (exact) mass is 250 g/mol. The van der Waals surface area contributed by atoms with E-state index in [1.807, 2.05) is 37.3 Å².